The molecule has 0 radical (unpaired) electrons. The average molecular weight is 405 g/mol. The fourth-order valence-corrected chi connectivity index (χ4v) is 3.97. The van der Waals surface area contributed by atoms with Gasteiger partial charge in [0.2, 0.25) is 5.95 Å². The topological polar surface area (TPSA) is 41.4 Å². The number of alkyl halides is 1. The third-order valence-corrected chi connectivity index (χ3v) is 5.34. The number of piperidine rings is 1. The van der Waals surface area contributed by atoms with Crippen LogP contribution in [0.2, 0.25) is 0 Å². The molecule has 2 unspecified atom stereocenters. The maximum absolute atomic E-state index is 14.0. The highest BCUT2D eigenvalue weighted by Crippen LogP contribution is 2.32. The molecule has 4 nitrogen and oxygen atoms in total. The summed E-state index contributed by atoms with van der Waals surface area (Å²) in [5.74, 6) is 3.44. The predicted octanol–water partition coefficient (Wildman–Crippen LogP) is 5.11. The van der Waals surface area contributed by atoms with Crippen LogP contribution >= 0.6 is 0 Å². The second-order valence-electron chi connectivity index (χ2n) is 7.86. The van der Waals surface area contributed by atoms with Crippen LogP contribution in [0.3, 0.4) is 0 Å². The van der Waals surface area contributed by atoms with Gasteiger partial charge in [-0.25, -0.2) is 14.4 Å². The number of aryl methyl sites for hydroxylation is 1. The van der Waals surface area contributed by atoms with Crippen LogP contribution in [-0.4, -0.2) is 42.5 Å². The lowest BCUT2D eigenvalue weighted by Crippen LogP contribution is -2.37. The van der Waals surface area contributed by atoms with Gasteiger partial charge in [0, 0.05) is 42.4 Å². The number of allylic oxidation sites excluding steroid dienone is 2. The highest BCUT2D eigenvalue weighted by atomic mass is 19.1. The number of benzene rings is 1. The van der Waals surface area contributed by atoms with Gasteiger partial charge in [0.15, 0.2) is 0 Å². The Kier molecular flexibility index (Phi) is 6.99. The van der Waals surface area contributed by atoms with Crippen LogP contribution in [0.5, 0.6) is 0 Å². The Hall–Kier alpha value is -3.00. The molecule has 2 aromatic rings. The number of hydrogen-bond acceptors (Lipinski definition) is 4. The van der Waals surface area contributed by atoms with Crippen LogP contribution in [0, 0.1) is 25.2 Å². The summed E-state index contributed by atoms with van der Waals surface area (Å²) in [5, 5.41) is 0. The van der Waals surface area contributed by atoms with Gasteiger partial charge >= 0.3 is 0 Å². The summed E-state index contributed by atoms with van der Waals surface area (Å²) in [5.41, 5.74) is 5.60. The van der Waals surface area contributed by atoms with Crippen LogP contribution in [0.15, 0.2) is 35.3 Å². The molecule has 1 aliphatic heterocycles. The number of hydrogen-bond donors (Lipinski definition) is 0. The molecule has 0 aliphatic carbocycles. The molecule has 0 amide bonds. The van der Waals surface area contributed by atoms with E-state index in [9.17, 15) is 4.39 Å². The van der Waals surface area contributed by atoms with E-state index < -0.39 is 6.17 Å². The van der Waals surface area contributed by atoms with Crippen molar-refractivity contribution >= 4 is 17.7 Å². The summed E-state index contributed by atoms with van der Waals surface area (Å²) >= 11 is 0. The first-order valence-corrected chi connectivity index (χ1v) is 10.4. The molecule has 1 aromatic carbocycles. The van der Waals surface area contributed by atoms with E-state index in [-0.39, 0.29) is 5.92 Å². The SMILES string of the molecule is C#Cc1ccc(-c2nc(N3CCCC(F)C3)nc(C)c2/C(C)=C/C(C)C=NC)cc1. The number of terminal acetylenes is 1. The number of halogens is 1. The highest BCUT2D eigenvalue weighted by Gasteiger charge is 2.24. The van der Waals surface area contributed by atoms with E-state index in [2.05, 4.69) is 30.8 Å². The predicted molar refractivity (Wildman–Crippen MR) is 124 cm³/mol. The third-order valence-electron chi connectivity index (χ3n) is 5.34. The zero-order valence-electron chi connectivity index (χ0n) is 18.2. The Bertz CT molecular complexity index is 985. The number of aromatic nitrogens is 2. The smallest absolute Gasteiger partial charge is 0.226 e. The molecule has 5 heteroatoms. The van der Waals surface area contributed by atoms with Gasteiger partial charge in [-0.3, -0.25) is 0 Å². The molecular formula is C25H29FN4. The lowest BCUT2D eigenvalue weighted by molar-refractivity contribution is 0.285. The Labute approximate surface area is 179 Å². The van der Waals surface area contributed by atoms with Crippen molar-refractivity contribution in [3.8, 4) is 23.6 Å². The molecule has 0 saturated carbocycles. The van der Waals surface area contributed by atoms with Crippen molar-refractivity contribution in [1.29, 1.82) is 0 Å². The summed E-state index contributed by atoms with van der Waals surface area (Å²) in [7, 11) is 1.78. The fraction of sp³-hybridized carbons (Fsp3) is 0.400. The number of rotatable bonds is 5. The zero-order valence-corrected chi connectivity index (χ0v) is 18.2. The molecule has 2 heterocycles. The first-order valence-electron chi connectivity index (χ1n) is 10.4. The number of nitrogens with zero attached hydrogens (tertiary/aromatic N) is 4. The van der Waals surface area contributed by atoms with Gasteiger partial charge in [-0.2, -0.15) is 0 Å². The largest absolute Gasteiger partial charge is 0.338 e. The second kappa shape index (κ2) is 9.67. The van der Waals surface area contributed by atoms with Crippen LogP contribution in [0.4, 0.5) is 10.3 Å². The minimum Gasteiger partial charge on any atom is -0.338 e. The van der Waals surface area contributed by atoms with Crippen molar-refractivity contribution in [2.24, 2.45) is 10.9 Å². The van der Waals surface area contributed by atoms with Gasteiger partial charge in [0.05, 0.1) is 17.9 Å². The first-order chi connectivity index (χ1) is 14.4. The molecule has 3 rings (SSSR count). The van der Waals surface area contributed by atoms with E-state index in [1.54, 1.807) is 7.05 Å². The highest BCUT2D eigenvalue weighted by molar-refractivity contribution is 5.82. The van der Waals surface area contributed by atoms with Crippen molar-refractivity contribution in [2.45, 2.75) is 39.8 Å². The monoisotopic (exact) mass is 404 g/mol. The molecule has 2 atom stereocenters. The second-order valence-corrected chi connectivity index (χ2v) is 7.86. The summed E-state index contributed by atoms with van der Waals surface area (Å²) < 4.78 is 14.0. The van der Waals surface area contributed by atoms with E-state index in [0.29, 0.717) is 18.9 Å². The molecule has 0 bridgehead atoms. The third kappa shape index (κ3) is 4.94. The van der Waals surface area contributed by atoms with Crippen molar-refractivity contribution < 1.29 is 4.39 Å². The minimum atomic E-state index is -0.837. The first kappa shape index (κ1) is 21.7. The maximum Gasteiger partial charge on any atom is 0.226 e. The molecule has 1 fully saturated rings. The molecule has 156 valence electrons. The molecule has 1 saturated heterocycles. The van der Waals surface area contributed by atoms with E-state index in [0.717, 1.165) is 46.6 Å². The van der Waals surface area contributed by atoms with Gasteiger partial charge in [-0.1, -0.05) is 31.1 Å². The molecule has 0 spiro atoms. The van der Waals surface area contributed by atoms with Crippen LogP contribution in [-0.2, 0) is 0 Å². The minimum absolute atomic E-state index is 0.195. The van der Waals surface area contributed by atoms with Gasteiger partial charge in [-0.15, -0.1) is 6.42 Å². The Morgan fingerprint density at radius 1 is 1.33 bits per heavy atom. The average Bonchev–Trinajstić information content (AvgIpc) is 2.73. The van der Waals surface area contributed by atoms with Crippen LogP contribution < -0.4 is 4.90 Å². The van der Waals surface area contributed by atoms with Crippen molar-refractivity contribution in [1.82, 2.24) is 9.97 Å². The molecular weight excluding hydrogens is 375 g/mol. The van der Waals surface area contributed by atoms with Gasteiger partial charge in [0.1, 0.15) is 6.17 Å². The fourth-order valence-electron chi connectivity index (χ4n) is 3.97. The summed E-state index contributed by atoms with van der Waals surface area (Å²) in [6, 6.07) is 7.81. The Morgan fingerprint density at radius 3 is 2.70 bits per heavy atom. The van der Waals surface area contributed by atoms with Crippen LogP contribution in [0.25, 0.3) is 16.8 Å². The molecule has 30 heavy (non-hydrogen) atoms. The van der Waals surface area contributed by atoms with Gasteiger partial charge in [-0.05, 0) is 44.4 Å². The molecule has 0 N–H and O–H groups in total. The Balaban J connectivity index is 2.13. The normalized spacial score (nSPS) is 18.5. The van der Waals surface area contributed by atoms with E-state index in [1.165, 1.54) is 0 Å². The van der Waals surface area contributed by atoms with Crippen molar-refractivity contribution in [3.63, 3.8) is 0 Å². The van der Waals surface area contributed by atoms with Gasteiger partial charge < -0.3 is 9.89 Å². The maximum atomic E-state index is 14.0. The van der Waals surface area contributed by atoms with Crippen molar-refractivity contribution in [2.75, 3.05) is 25.0 Å². The lowest BCUT2D eigenvalue weighted by Gasteiger charge is -2.30. The molecule has 1 aliphatic rings. The lowest BCUT2D eigenvalue weighted by atomic mass is 9.96. The summed E-state index contributed by atoms with van der Waals surface area (Å²) in [6.45, 7) is 7.27. The zero-order chi connectivity index (χ0) is 21.7. The van der Waals surface area contributed by atoms with E-state index in [4.69, 9.17) is 16.4 Å². The summed E-state index contributed by atoms with van der Waals surface area (Å²) in [4.78, 5) is 15.8. The molecule has 1 aromatic heterocycles. The van der Waals surface area contributed by atoms with E-state index in [1.807, 2.05) is 42.3 Å². The van der Waals surface area contributed by atoms with Gasteiger partial charge in [0.25, 0.3) is 0 Å². The Morgan fingerprint density at radius 2 is 2.07 bits per heavy atom. The van der Waals surface area contributed by atoms with Crippen molar-refractivity contribution in [3.05, 3.63) is 47.2 Å². The van der Waals surface area contributed by atoms with Crippen LogP contribution in [0.1, 0.15) is 43.5 Å². The quantitative estimate of drug-likeness (QED) is 0.514. The standard InChI is InChI=1S/C25H29FN4/c1-6-20-9-11-21(12-10-20)24-23(18(3)14-17(2)15-27-5)19(4)28-25(29-24)30-13-7-8-22(26)16-30/h1,9-12,14-15,17,22H,7-8,13,16H2,2-5H3/b18-14+,27-15?. The number of aliphatic imine (C=N–C) groups is 1. The summed E-state index contributed by atoms with van der Waals surface area (Å²) in [6.07, 6.45) is 10.2. The van der Waals surface area contributed by atoms with E-state index >= 15 is 0 Å². The number of anilines is 1.